The Labute approximate surface area is 250 Å². The molecule has 2 aromatic carbocycles. The molecule has 0 unspecified atom stereocenters. The van der Waals surface area contributed by atoms with Gasteiger partial charge < -0.3 is 18.6 Å². The molecule has 0 saturated heterocycles. The Bertz CT molecular complexity index is 1690. The van der Waals surface area contributed by atoms with Crippen molar-refractivity contribution in [2.45, 2.75) is 52.4 Å². The quantitative estimate of drug-likeness (QED) is 0.153. The van der Waals surface area contributed by atoms with Crippen molar-refractivity contribution in [3.8, 4) is 23.0 Å². The second kappa shape index (κ2) is 12.3. The molecule has 0 aliphatic rings. The summed E-state index contributed by atoms with van der Waals surface area (Å²) in [6.45, 7) is 8.42. The van der Waals surface area contributed by atoms with E-state index in [1.165, 1.54) is 18.5 Å². The van der Waals surface area contributed by atoms with Gasteiger partial charge in [-0.1, -0.05) is 18.2 Å². The minimum Gasteiger partial charge on any atom is -0.487 e. The summed E-state index contributed by atoms with van der Waals surface area (Å²) in [6.07, 6.45) is 2.14. The molecule has 0 amide bonds. The molecule has 0 aliphatic carbocycles. The first-order chi connectivity index (χ1) is 20.2. The van der Waals surface area contributed by atoms with E-state index in [0.717, 1.165) is 11.3 Å². The normalized spacial score (nSPS) is 12.3. The van der Waals surface area contributed by atoms with Gasteiger partial charge in [-0.15, -0.1) is 0 Å². The SMILES string of the molecule is CCOC(=O)[C@@H](Cc1ccccc1OCc1ccnn1C(C)(C)C)Oc1ncnc2oc(-c3ccc(F)cc3)c(Br)c12. The Hall–Kier alpha value is -4.25. The number of fused-ring (bicyclic) bond motifs is 1. The van der Waals surface area contributed by atoms with Gasteiger partial charge in [0, 0.05) is 18.2 Å². The van der Waals surface area contributed by atoms with Crippen LogP contribution in [-0.2, 0) is 28.1 Å². The first-order valence-electron chi connectivity index (χ1n) is 13.4. The molecule has 0 aliphatic heterocycles. The van der Waals surface area contributed by atoms with Crippen molar-refractivity contribution in [2.24, 2.45) is 0 Å². The van der Waals surface area contributed by atoms with Gasteiger partial charge in [0.1, 0.15) is 29.9 Å². The lowest BCUT2D eigenvalue weighted by Gasteiger charge is -2.23. The number of carbonyl (C=O) groups excluding carboxylic acids is 1. The second-order valence-corrected chi connectivity index (χ2v) is 11.3. The monoisotopic (exact) mass is 636 g/mol. The van der Waals surface area contributed by atoms with Crippen LogP contribution in [0.15, 0.2) is 76.0 Å². The average Bonchev–Trinajstić information content (AvgIpc) is 3.58. The zero-order chi connectivity index (χ0) is 29.9. The summed E-state index contributed by atoms with van der Waals surface area (Å²) in [4.78, 5) is 21.7. The first kappa shape index (κ1) is 29.2. The number of hydrogen-bond acceptors (Lipinski definition) is 8. The second-order valence-electron chi connectivity index (χ2n) is 10.5. The molecule has 218 valence electrons. The molecule has 0 radical (unpaired) electrons. The van der Waals surface area contributed by atoms with Crippen LogP contribution in [0.4, 0.5) is 4.39 Å². The minimum atomic E-state index is -1.05. The van der Waals surface area contributed by atoms with Gasteiger partial charge in [0.25, 0.3) is 0 Å². The molecular weight excluding hydrogens is 607 g/mol. The van der Waals surface area contributed by atoms with Crippen LogP contribution in [0.1, 0.15) is 39.0 Å². The van der Waals surface area contributed by atoms with Crippen molar-refractivity contribution < 1.29 is 27.8 Å². The molecule has 1 atom stereocenters. The van der Waals surface area contributed by atoms with Crippen LogP contribution < -0.4 is 9.47 Å². The molecule has 0 fully saturated rings. The van der Waals surface area contributed by atoms with Crippen LogP contribution in [0.3, 0.4) is 0 Å². The van der Waals surface area contributed by atoms with Crippen molar-refractivity contribution in [1.29, 1.82) is 0 Å². The predicted octanol–water partition coefficient (Wildman–Crippen LogP) is 6.88. The number of aromatic nitrogens is 4. The Morgan fingerprint density at radius 3 is 2.60 bits per heavy atom. The number of esters is 1. The summed E-state index contributed by atoms with van der Waals surface area (Å²) in [5, 5.41) is 4.87. The fraction of sp³-hybridized carbons (Fsp3) is 0.290. The molecule has 3 aromatic heterocycles. The van der Waals surface area contributed by atoms with Gasteiger partial charge in [0.15, 0.2) is 5.76 Å². The highest BCUT2D eigenvalue weighted by atomic mass is 79.9. The molecule has 0 saturated carbocycles. The Morgan fingerprint density at radius 1 is 1.10 bits per heavy atom. The van der Waals surface area contributed by atoms with Gasteiger partial charge in [-0.2, -0.15) is 5.10 Å². The van der Waals surface area contributed by atoms with Crippen molar-refractivity contribution >= 4 is 33.0 Å². The number of para-hydroxylation sites is 1. The van der Waals surface area contributed by atoms with Crippen LogP contribution in [0.25, 0.3) is 22.4 Å². The number of furan rings is 1. The van der Waals surface area contributed by atoms with Gasteiger partial charge in [0.2, 0.25) is 17.7 Å². The molecule has 9 nitrogen and oxygen atoms in total. The maximum absolute atomic E-state index is 13.5. The van der Waals surface area contributed by atoms with E-state index in [9.17, 15) is 9.18 Å². The molecular formula is C31H30BrFN4O5. The highest BCUT2D eigenvalue weighted by molar-refractivity contribution is 9.10. The zero-order valence-corrected chi connectivity index (χ0v) is 25.2. The van der Waals surface area contributed by atoms with Crippen LogP contribution in [-0.4, -0.2) is 38.4 Å². The van der Waals surface area contributed by atoms with E-state index in [1.54, 1.807) is 25.3 Å². The van der Waals surface area contributed by atoms with E-state index < -0.39 is 12.1 Å². The fourth-order valence-corrected chi connectivity index (χ4v) is 5.15. The van der Waals surface area contributed by atoms with E-state index in [1.807, 2.05) is 35.0 Å². The van der Waals surface area contributed by atoms with E-state index in [2.05, 4.69) is 51.8 Å². The Kier molecular flexibility index (Phi) is 8.58. The Morgan fingerprint density at radius 2 is 1.86 bits per heavy atom. The number of ether oxygens (including phenoxy) is 3. The third-order valence-electron chi connectivity index (χ3n) is 6.42. The third kappa shape index (κ3) is 6.30. The number of halogens is 2. The number of carbonyl (C=O) groups is 1. The van der Waals surface area contributed by atoms with Gasteiger partial charge in [-0.25, -0.2) is 19.2 Å². The van der Waals surface area contributed by atoms with Crippen molar-refractivity contribution in [3.63, 3.8) is 0 Å². The molecule has 0 spiro atoms. The molecule has 42 heavy (non-hydrogen) atoms. The van der Waals surface area contributed by atoms with E-state index in [-0.39, 0.29) is 36.0 Å². The molecule has 11 heteroatoms. The summed E-state index contributed by atoms with van der Waals surface area (Å²) in [5.41, 5.74) is 2.34. The highest BCUT2D eigenvalue weighted by Crippen LogP contribution is 2.41. The maximum atomic E-state index is 13.5. The van der Waals surface area contributed by atoms with Gasteiger partial charge >= 0.3 is 5.97 Å². The lowest BCUT2D eigenvalue weighted by molar-refractivity contribution is -0.151. The minimum absolute atomic E-state index is 0.134. The molecule has 3 heterocycles. The predicted molar refractivity (Wildman–Crippen MR) is 158 cm³/mol. The van der Waals surface area contributed by atoms with Crippen LogP contribution in [0, 0.1) is 5.82 Å². The van der Waals surface area contributed by atoms with E-state index in [0.29, 0.717) is 33.5 Å². The topological polar surface area (TPSA) is 102 Å². The molecule has 5 aromatic rings. The summed E-state index contributed by atoms with van der Waals surface area (Å²) in [7, 11) is 0. The largest absolute Gasteiger partial charge is 0.487 e. The van der Waals surface area contributed by atoms with Gasteiger partial charge in [-0.3, -0.25) is 4.68 Å². The van der Waals surface area contributed by atoms with Crippen molar-refractivity contribution in [1.82, 2.24) is 19.7 Å². The number of rotatable bonds is 10. The smallest absolute Gasteiger partial charge is 0.347 e. The third-order valence-corrected chi connectivity index (χ3v) is 7.17. The lowest BCUT2D eigenvalue weighted by Crippen LogP contribution is -2.32. The number of hydrogen-bond donors (Lipinski definition) is 0. The van der Waals surface area contributed by atoms with E-state index >= 15 is 0 Å². The number of benzene rings is 2. The standard InChI is InChI=1S/C31H30BrFN4O5/c1-5-39-30(38)24(16-20-8-6-7-9-23(20)40-17-22-14-15-36-37(22)31(2,3)4)41-28-25-26(32)27(42-29(25)35-18-34-28)19-10-12-21(33)13-11-19/h6-15,18,24H,5,16-17H2,1-4H3/t24-/m1/s1. The molecule has 0 bridgehead atoms. The summed E-state index contributed by atoms with van der Waals surface area (Å²) in [6, 6.07) is 15.2. The fourth-order valence-electron chi connectivity index (χ4n) is 4.50. The number of nitrogens with zero attached hydrogens (tertiary/aromatic N) is 4. The highest BCUT2D eigenvalue weighted by Gasteiger charge is 2.28. The van der Waals surface area contributed by atoms with Crippen LogP contribution in [0.5, 0.6) is 11.6 Å². The Balaban J connectivity index is 1.43. The summed E-state index contributed by atoms with van der Waals surface area (Å²) >= 11 is 3.56. The van der Waals surface area contributed by atoms with Crippen LogP contribution >= 0.6 is 15.9 Å². The summed E-state index contributed by atoms with van der Waals surface area (Å²) in [5.74, 6) is 0.248. The van der Waals surface area contributed by atoms with E-state index in [4.69, 9.17) is 18.6 Å². The van der Waals surface area contributed by atoms with Gasteiger partial charge in [-0.05, 0) is 85.6 Å². The molecule has 0 N–H and O–H groups in total. The first-order valence-corrected chi connectivity index (χ1v) is 14.2. The maximum Gasteiger partial charge on any atom is 0.347 e. The summed E-state index contributed by atoms with van der Waals surface area (Å²) < 4.78 is 39.7. The molecule has 5 rings (SSSR count). The zero-order valence-electron chi connectivity index (χ0n) is 23.6. The van der Waals surface area contributed by atoms with Crippen molar-refractivity contribution in [3.05, 3.63) is 88.7 Å². The lowest BCUT2D eigenvalue weighted by atomic mass is 10.1. The average molecular weight is 638 g/mol. The van der Waals surface area contributed by atoms with Crippen molar-refractivity contribution in [2.75, 3.05) is 6.61 Å². The van der Waals surface area contributed by atoms with Crippen LogP contribution in [0.2, 0.25) is 0 Å². The van der Waals surface area contributed by atoms with Gasteiger partial charge in [0.05, 0.1) is 22.3 Å².